The maximum atomic E-state index is 3.86. The van der Waals surface area contributed by atoms with E-state index in [1.807, 2.05) is 10.8 Å². The van der Waals surface area contributed by atoms with Crippen LogP contribution in [-0.4, -0.2) is 9.55 Å². The topological polar surface area (TPSA) is 17.8 Å². The first kappa shape index (κ1) is 7.10. The molecule has 0 aliphatic rings. The maximum absolute atomic E-state index is 3.86. The fourth-order valence-corrected chi connectivity index (χ4v) is 1.08. The lowest BCUT2D eigenvalue weighted by molar-refractivity contribution is 1.05. The highest BCUT2D eigenvalue weighted by Gasteiger charge is 1.92. The average molecular weight is 157 g/mol. The molecule has 1 aromatic heterocycles. The number of imidazole rings is 1. The molecule has 2 rings (SSSR count). The standard InChI is InChI=1S/C10H9N2/c1-9-2-4-10(5-3-9)12-7-6-11-8-12/h2-5,7-8H,1H3. The van der Waals surface area contributed by atoms with Crippen LogP contribution < -0.4 is 0 Å². The number of rotatable bonds is 1. The quantitative estimate of drug-likeness (QED) is 0.619. The highest BCUT2D eigenvalue weighted by atomic mass is 15.0. The van der Waals surface area contributed by atoms with Crippen LogP contribution in [0.25, 0.3) is 5.69 Å². The molecule has 0 unspecified atom stereocenters. The second-order valence-corrected chi connectivity index (χ2v) is 2.75. The Kier molecular flexibility index (Phi) is 1.67. The second kappa shape index (κ2) is 2.81. The van der Waals surface area contributed by atoms with Gasteiger partial charge in [0, 0.05) is 11.9 Å². The molecule has 59 valence electrons. The molecule has 0 aliphatic heterocycles. The van der Waals surface area contributed by atoms with Gasteiger partial charge in [0.15, 0.2) is 0 Å². The molecule has 0 N–H and O–H groups in total. The molecule has 0 bridgehead atoms. The Morgan fingerprint density at radius 1 is 1.25 bits per heavy atom. The van der Waals surface area contributed by atoms with Crippen molar-refractivity contribution >= 4 is 0 Å². The van der Waals surface area contributed by atoms with Gasteiger partial charge in [0.2, 0.25) is 0 Å². The Labute approximate surface area is 71.5 Å². The molecule has 0 spiro atoms. The zero-order chi connectivity index (χ0) is 8.39. The fraction of sp³-hybridized carbons (Fsp3) is 0.100. The normalized spacial score (nSPS) is 10.1. The van der Waals surface area contributed by atoms with Gasteiger partial charge in [-0.25, -0.2) is 4.98 Å². The molecule has 2 heteroatoms. The van der Waals surface area contributed by atoms with Gasteiger partial charge >= 0.3 is 0 Å². The molecule has 1 radical (unpaired) electrons. The van der Waals surface area contributed by atoms with Crippen LogP contribution in [0.1, 0.15) is 5.56 Å². The van der Waals surface area contributed by atoms with Gasteiger partial charge in [-0.3, -0.25) is 0 Å². The number of nitrogens with zero attached hydrogens (tertiary/aromatic N) is 2. The third-order valence-electron chi connectivity index (χ3n) is 1.79. The van der Waals surface area contributed by atoms with E-state index in [4.69, 9.17) is 0 Å². The van der Waals surface area contributed by atoms with E-state index in [0.717, 1.165) is 5.69 Å². The van der Waals surface area contributed by atoms with E-state index >= 15 is 0 Å². The van der Waals surface area contributed by atoms with Crippen molar-refractivity contribution < 1.29 is 0 Å². The number of benzene rings is 1. The minimum atomic E-state index is 1.12. The Balaban J connectivity index is 2.43. The molecular weight excluding hydrogens is 148 g/mol. The maximum Gasteiger partial charge on any atom is 0.109 e. The molecule has 0 atom stereocenters. The van der Waals surface area contributed by atoms with E-state index in [-0.39, 0.29) is 0 Å². The Morgan fingerprint density at radius 3 is 2.58 bits per heavy atom. The predicted molar refractivity (Wildman–Crippen MR) is 47.1 cm³/mol. The van der Waals surface area contributed by atoms with Crippen LogP contribution in [0.5, 0.6) is 0 Å². The number of aromatic nitrogens is 2. The first-order valence-corrected chi connectivity index (χ1v) is 3.83. The van der Waals surface area contributed by atoms with E-state index in [1.165, 1.54) is 5.56 Å². The van der Waals surface area contributed by atoms with E-state index in [0.29, 0.717) is 0 Å². The minimum Gasteiger partial charge on any atom is -0.306 e. The van der Waals surface area contributed by atoms with Gasteiger partial charge in [-0.2, -0.15) is 0 Å². The van der Waals surface area contributed by atoms with Crippen molar-refractivity contribution in [1.29, 1.82) is 0 Å². The summed E-state index contributed by atoms with van der Waals surface area (Å²) in [6.45, 7) is 2.07. The van der Waals surface area contributed by atoms with Gasteiger partial charge in [-0.1, -0.05) is 17.7 Å². The summed E-state index contributed by atoms with van der Waals surface area (Å²) in [4.78, 5) is 3.86. The van der Waals surface area contributed by atoms with Gasteiger partial charge in [-0.15, -0.1) is 0 Å². The molecule has 1 aromatic carbocycles. The first-order valence-electron chi connectivity index (χ1n) is 3.83. The summed E-state index contributed by atoms with van der Waals surface area (Å²) >= 11 is 0. The van der Waals surface area contributed by atoms with E-state index in [1.54, 1.807) is 6.33 Å². The van der Waals surface area contributed by atoms with Crippen molar-refractivity contribution in [1.82, 2.24) is 9.55 Å². The van der Waals surface area contributed by atoms with Crippen molar-refractivity contribution in [3.05, 3.63) is 48.5 Å². The summed E-state index contributed by atoms with van der Waals surface area (Å²) in [5.41, 5.74) is 2.39. The first-order chi connectivity index (χ1) is 5.86. The summed E-state index contributed by atoms with van der Waals surface area (Å²) < 4.78 is 1.93. The predicted octanol–water partition coefficient (Wildman–Crippen LogP) is 1.98. The lowest BCUT2D eigenvalue weighted by Crippen LogP contribution is -1.88. The van der Waals surface area contributed by atoms with Crippen molar-refractivity contribution in [3.63, 3.8) is 0 Å². The van der Waals surface area contributed by atoms with E-state index < -0.39 is 0 Å². The third kappa shape index (κ3) is 1.23. The monoisotopic (exact) mass is 157 g/mol. The molecule has 0 saturated heterocycles. The molecule has 12 heavy (non-hydrogen) atoms. The van der Waals surface area contributed by atoms with Crippen molar-refractivity contribution in [3.8, 4) is 5.69 Å². The lowest BCUT2D eigenvalue weighted by Gasteiger charge is -2.00. The largest absolute Gasteiger partial charge is 0.306 e. The molecule has 0 amide bonds. The van der Waals surface area contributed by atoms with Crippen molar-refractivity contribution in [2.24, 2.45) is 0 Å². The number of aryl methyl sites for hydroxylation is 1. The van der Waals surface area contributed by atoms with Crippen LogP contribution in [0.15, 0.2) is 36.8 Å². The summed E-state index contributed by atoms with van der Waals surface area (Å²) in [7, 11) is 0. The van der Waals surface area contributed by atoms with Crippen LogP contribution in [-0.2, 0) is 0 Å². The fourth-order valence-electron chi connectivity index (χ4n) is 1.08. The van der Waals surface area contributed by atoms with Crippen LogP contribution in [0.3, 0.4) is 0 Å². The van der Waals surface area contributed by atoms with Crippen LogP contribution in [0.4, 0.5) is 0 Å². The second-order valence-electron chi connectivity index (χ2n) is 2.75. The lowest BCUT2D eigenvalue weighted by atomic mass is 10.2. The van der Waals surface area contributed by atoms with Gasteiger partial charge in [0.05, 0.1) is 6.33 Å². The van der Waals surface area contributed by atoms with Crippen molar-refractivity contribution in [2.45, 2.75) is 6.92 Å². The molecule has 0 aliphatic carbocycles. The molecule has 2 aromatic rings. The SMILES string of the molecule is Cc1ccc(-n2c[c]nc2)cc1. The third-order valence-corrected chi connectivity index (χ3v) is 1.79. The molecule has 1 heterocycles. The highest BCUT2D eigenvalue weighted by molar-refractivity contribution is 5.33. The zero-order valence-corrected chi connectivity index (χ0v) is 6.86. The van der Waals surface area contributed by atoms with Crippen molar-refractivity contribution in [2.75, 3.05) is 0 Å². The Morgan fingerprint density at radius 2 is 2.00 bits per heavy atom. The van der Waals surface area contributed by atoms with Gasteiger partial charge in [0.25, 0.3) is 0 Å². The van der Waals surface area contributed by atoms with Crippen LogP contribution in [0, 0.1) is 13.1 Å². The van der Waals surface area contributed by atoms with E-state index in [2.05, 4.69) is 42.4 Å². The molecular formula is C10H9N2. The number of hydrogen-bond donors (Lipinski definition) is 0. The average Bonchev–Trinajstić information content (AvgIpc) is 2.58. The summed E-state index contributed by atoms with van der Waals surface area (Å²) in [6, 6.07) is 8.28. The Bertz CT molecular complexity index is 346. The van der Waals surface area contributed by atoms with Gasteiger partial charge in [-0.05, 0) is 19.1 Å². The molecule has 0 saturated carbocycles. The smallest absolute Gasteiger partial charge is 0.109 e. The summed E-state index contributed by atoms with van der Waals surface area (Å²) in [5, 5.41) is 0. The minimum absolute atomic E-state index is 1.12. The number of hydrogen-bond acceptors (Lipinski definition) is 1. The zero-order valence-electron chi connectivity index (χ0n) is 6.86. The Hall–Kier alpha value is -1.57. The van der Waals surface area contributed by atoms with Crippen LogP contribution >= 0.6 is 0 Å². The molecule has 0 fully saturated rings. The highest BCUT2D eigenvalue weighted by Crippen LogP contribution is 2.07. The van der Waals surface area contributed by atoms with E-state index in [9.17, 15) is 0 Å². The van der Waals surface area contributed by atoms with Gasteiger partial charge in [0.1, 0.15) is 6.20 Å². The van der Waals surface area contributed by atoms with Crippen LogP contribution in [0.2, 0.25) is 0 Å². The summed E-state index contributed by atoms with van der Waals surface area (Å²) in [6.07, 6.45) is 6.31. The van der Waals surface area contributed by atoms with Gasteiger partial charge < -0.3 is 4.57 Å². The summed E-state index contributed by atoms with van der Waals surface area (Å²) in [5.74, 6) is 0. The molecule has 2 nitrogen and oxygen atoms in total.